The fraction of sp³-hybridized carbons (Fsp3) is 0.235. The van der Waals surface area contributed by atoms with Gasteiger partial charge in [-0.05, 0) is 35.7 Å². The second-order valence-electron chi connectivity index (χ2n) is 5.11. The Labute approximate surface area is 124 Å². The van der Waals surface area contributed by atoms with E-state index in [1.54, 1.807) is 25.2 Å². The van der Waals surface area contributed by atoms with Crippen LogP contribution in [0.5, 0.6) is 5.75 Å². The van der Waals surface area contributed by atoms with Crippen molar-refractivity contribution in [3.05, 3.63) is 59.9 Å². The highest BCUT2D eigenvalue weighted by atomic mass is 19.1. The van der Waals surface area contributed by atoms with Crippen LogP contribution in [0.25, 0.3) is 0 Å². The summed E-state index contributed by atoms with van der Waals surface area (Å²) in [4.78, 5) is 13.4. The van der Waals surface area contributed by atoms with Gasteiger partial charge in [0, 0.05) is 12.7 Å². The first kappa shape index (κ1) is 15.0. The number of ether oxygens (including phenoxy) is 1. The highest BCUT2D eigenvalue weighted by Crippen LogP contribution is 2.24. The molecule has 21 heavy (non-hydrogen) atoms. The van der Waals surface area contributed by atoms with Crippen LogP contribution in [0.3, 0.4) is 0 Å². The van der Waals surface area contributed by atoms with Crippen molar-refractivity contribution in [2.45, 2.75) is 19.8 Å². The van der Waals surface area contributed by atoms with E-state index in [9.17, 15) is 9.18 Å². The van der Waals surface area contributed by atoms with Crippen molar-refractivity contribution < 1.29 is 13.9 Å². The molecular formula is C17H18FNO2. The van der Waals surface area contributed by atoms with E-state index in [2.05, 4.69) is 0 Å². The van der Waals surface area contributed by atoms with Crippen LogP contribution in [0.4, 0.5) is 14.9 Å². The van der Waals surface area contributed by atoms with E-state index in [1.165, 1.54) is 17.0 Å². The Morgan fingerprint density at radius 3 is 2.38 bits per heavy atom. The maximum atomic E-state index is 13.9. The van der Waals surface area contributed by atoms with Gasteiger partial charge in [-0.3, -0.25) is 4.90 Å². The standard InChI is InChI=1S/C17H18FNO2/c1-12(2)13-9-10-16(15(18)11-13)21-17(20)19(3)14-7-5-4-6-8-14/h4-12H,1-3H3. The van der Waals surface area contributed by atoms with Gasteiger partial charge in [0.1, 0.15) is 0 Å². The number of hydrogen-bond donors (Lipinski definition) is 0. The van der Waals surface area contributed by atoms with Gasteiger partial charge < -0.3 is 4.74 Å². The van der Waals surface area contributed by atoms with E-state index >= 15 is 0 Å². The van der Waals surface area contributed by atoms with Gasteiger partial charge in [0.15, 0.2) is 11.6 Å². The molecule has 0 aromatic heterocycles. The Kier molecular flexibility index (Phi) is 4.58. The maximum Gasteiger partial charge on any atom is 0.419 e. The number of halogens is 1. The fourth-order valence-electron chi connectivity index (χ4n) is 1.88. The van der Waals surface area contributed by atoms with Crippen LogP contribution < -0.4 is 9.64 Å². The summed E-state index contributed by atoms with van der Waals surface area (Å²) >= 11 is 0. The monoisotopic (exact) mass is 287 g/mol. The van der Waals surface area contributed by atoms with Crippen molar-refractivity contribution in [3.63, 3.8) is 0 Å². The van der Waals surface area contributed by atoms with Crippen LogP contribution in [-0.2, 0) is 0 Å². The average Bonchev–Trinajstić information content (AvgIpc) is 2.49. The van der Waals surface area contributed by atoms with Gasteiger partial charge in [-0.1, -0.05) is 38.1 Å². The molecule has 0 aliphatic carbocycles. The molecule has 2 rings (SSSR count). The van der Waals surface area contributed by atoms with Crippen molar-refractivity contribution in [2.75, 3.05) is 11.9 Å². The van der Waals surface area contributed by atoms with Crippen LogP contribution in [-0.4, -0.2) is 13.1 Å². The number of para-hydroxylation sites is 1. The fourth-order valence-corrected chi connectivity index (χ4v) is 1.88. The van der Waals surface area contributed by atoms with Crippen molar-refractivity contribution in [1.29, 1.82) is 0 Å². The smallest absolute Gasteiger partial charge is 0.407 e. The molecule has 0 spiro atoms. The minimum Gasteiger partial charge on any atom is -0.407 e. The number of benzene rings is 2. The van der Waals surface area contributed by atoms with Gasteiger partial charge in [-0.25, -0.2) is 9.18 Å². The maximum absolute atomic E-state index is 13.9. The molecule has 0 bridgehead atoms. The molecule has 0 heterocycles. The predicted molar refractivity (Wildman–Crippen MR) is 81.4 cm³/mol. The molecule has 0 saturated heterocycles. The third-order valence-electron chi connectivity index (χ3n) is 3.24. The molecule has 0 N–H and O–H groups in total. The third kappa shape index (κ3) is 3.60. The lowest BCUT2D eigenvalue weighted by Crippen LogP contribution is -2.29. The topological polar surface area (TPSA) is 29.5 Å². The molecule has 0 aliphatic rings. The highest BCUT2D eigenvalue weighted by molar-refractivity contribution is 5.88. The SMILES string of the molecule is CC(C)c1ccc(OC(=O)N(C)c2ccccc2)c(F)c1. The molecule has 0 unspecified atom stereocenters. The second-order valence-corrected chi connectivity index (χ2v) is 5.11. The number of hydrogen-bond acceptors (Lipinski definition) is 2. The first-order valence-electron chi connectivity index (χ1n) is 6.79. The van der Waals surface area contributed by atoms with Gasteiger partial charge in [-0.15, -0.1) is 0 Å². The minimum absolute atomic E-state index is 0.0628. The molecule has 110 valence electrons. The average molecular weight is 287 g/mol. The lowest BCUT2D eigenvalue weighted by Gasteiger charge is -2.17. The normalized spacial score (nSPS) is 10.5. The van der Waals surface area contributed by atoms with Gasteiger partial charge in [0.2, 0.25) is 0 Å². The zero-order chi connectivity index (χ0) is 15.4. The highest BCUT2D eigenvalue weighted by Gasteiger charge is 2.16. The zero-order valence-corrected chi connectivity index (χ0v) is 12.3. The van der Waals surface area contributed by atoms with Crippen LogP contribution in [0.1, 0.15) is 25.3 Å². The summed E-state index contributed by atoms with van der Waals surface area (Å²) in [5.74, 6) is -0.376. The molecule has 0 atom stereocenters. The summed E-state index contributed by atoms with van der Waals surface area (Å²) in [6.45, 7) is 3.95. The largest absolute Gasteiger partial charge is 0.419 e. The first-order chi connectivity index (χ1) is 9.99. The Morgan fingerprint density at radius 1 is 1.14 bits per heavy atom. The summed E-state index contributed by atoms with van der Waals surface area (Å²) in [5.41, 5.74) is 1.55. The van der Waals surface area contributed by atoms with Gasteiger partial charge in [0.05, 0.1) is 0 Å². The Balaban J connectivity index is 2.13. The van der Waals surface area contributed by atoms with E-state index in [-0.39, 0.29) is 11.7 Å². The number of carbonyl (C=O) groups excluding carboxylic acids is 1. The molecule has 0 aliphatic heterocycles. The molecule has 4 heteroatoms. The van der Waals surface area contributed by atoms with Gasteiger partial charge in [0.25, 0.3) is 0 Å². The molecule has 0 saturated carbocycles. The molecular weight excluding hydrogens is 269 g/mol. The molecule has 0 fully saturated rings. The molecule has 0 radical (unpaired) electrons. The summed E-state index contributed by atoms with van der Waals surface area (Å²) in [6.07, 6.45) is -0.627. The molecule has 2 aromatic rings. The molecule has 2 aromatic carbocycles. The van der Waals surface area contributed by atoms with Crippen molar-refractivity contribution in [3.8, 4) is 5.75 Å². The summed E-state index contributed by atoms with van der Waals surface area (Å²) < 4.78 is 19.0. The van der Waals surface area contributed by atoms with Crippen molar-refractivity contribution in [2.24, 2.45) is 0 Å². The zero-order valence-electron chi connectivity index (χ0n) is 12.3. The molecule has 1 amide bonds. The van der Waals surface area contributed by atoms with Crippen LogP contribution in [0, 0.1) is 5.82 Å². The van der Waals surface area contributed by atoms with Gasteiger partial charge in [-0.2, -0.15) is 0 Å². The number of anilines is 1. The van der Waals surface area contributed by atoms with Crippen molar-refractivity contribution in [1.82, 2.24) is 0 Å². The van der Waals surface area contributed by atoms with E-state index in [0.717, 1.165) is 5.56 Å². The van der Waals surface area contributed by atoms with Gasteiger partial charge >= 0.3 is 6.09 Å². The molecule has 3 nitrogen and oxygen atoms in total. The lowest BCUT2D eigenvalue weighted by molar-refractivity contribution is 0.207. The minimum atomic E-state index is -0.627. The summed E-state index contributed by atoms with van der Waals surface area (Å²) in [5, 5.41) is 0. The van der Waals surface area contributed by atoms with E-state index < -0.39 is 11.9 Å². The van der Waals surface area contributed by atoms with Crippen LogP contribution in [0.15, 0.2) is 48.5 Å². The lowest BCUT2D eigenvalue weighted by atomic mass is 10.0. The quantitative estimate of drug-likeness (QED) is 0.826. The number of nitrogens with zero attached hydrogens (tertiary/aromatic N) is 1. The second kappa shape index (κ2) is 6.39. The number of rotatable bonds is 3. The summed E-state index contributed by atoms with van der Waals surface area (Å²) in [7, 11) is 1.58. The summed E-state index contributed by atoms with van der Waals surface area (Å²) in [6, 6.07) is 13.7. The predicted octanol–water partition coefficient (Wildman–Crippen LogP) is 4.58. The van der Waals surface area contributed by atoms with E-state index in [1.807, 2.05) is 32.0 Å². The van der Waals surface area contributed by atoms with Crippen LogP contribution >= 0.6 is 0 Å². The number of carbonyl (C=O) groups is 1. The Hall–Kier alpha value is -2.36. The Bertz CT molecular complexity index is 626. The Morgan fingerprint density at radius 2 is 1.81 bits per heavy atom. The van der Waals surface area contributed by atoms with Crippen molar-refractivity contribution >= 4 is 11.8 Å². The number of amides is 1. The van der Waals surface area contributed by atoms with E-state index in [4.69, 9.17) is 4.74 Å². The first-order valence-corrected chi connectivity index (χ1v) is 6.79. The van der Waals surface area contributed by atoms with E-state index in [0.29, 0.717) is 5.69 Å². The third-order valence-corrected chi connectivity index (χ3v) is 3.24. The van der Waals surface area contributed by atoms with Crippen LogP contribution in [0.2, 0.25) is 0 Å².